The molecular weight excluding hydrogens is 461 g/mol. The summed E-state index contributed by atoms with van der Waals surface area (Å²) in [5.74, 6) is 1.07. The Morgan fingerprint density at radius 1 is 1.00 bits per heavy atom. The first-order valence-electron chi connectivity index (χ1n) is 10.6. The molecule has 1 N–H and O–H groups in total. The standard InChI is InChI=1S/C22H35N5.HI/c1-23-21(27-11-10-22(18-27)8-3-9-22)24-16-19-4-6-20(7-5-19)17-26-14-12-25(2)13-15-26;/h4-7H,3,8-18H2,1-2H3,(H,23,24);1H. The molecule has 1 spiro atoms. The molecule has 4 rings (SSSR count). The van der Waals surface area contributed by atoms with E-state index in [0.29, 0.717) is 5.41 Å². The highest BCUT2D eigenvalue weighted by Gasteiger charge is 2.43. The Balaban J connectivity index is 0.00000225. The third-order valence-electron chi connectivity index (χ3n) is 6.84. The minimum Gasteiger partial charge on any atom is -0.352 e. The van der Waals surface area contributed by atoms with Crippen molar-refractivity contribution in [3.05, 3.63) is 35.4 Å². The Morgan fingerprint density at radius 3 is 2.25 bits per heavy atom. The molecule has 0 radical (unpaired) electrons. The first-order chi connectivity index (χ1) is 13.2. The lowest BCUT2D eigenvalue weighted by Crippen LogP contribution is -2.43. The first-order valence-corrected chi connectivity index (χ1v) is 10.6. The van der Waals surface area contributed by atoms with Gasteiger partial charge < -0.3 is 15.1 Å². The zero-order chi connectivity index (χ0) is 18.7. The van der Waals surface area contributed by atoms with Crippen molar-refractivity contribution < 1.29 is 0 Å². The van der Waals surface area contributed by atoms with E-state index in [-0.39, 0.29) is 24.0 Å². The Labute approximate surface area is 187 Å². The van der Waals surface area contributed by atoms with Crippen LogP contribution < -0.4 is 5.32 Å². The van der Waals surface area contributed by atoms with Crippen LogP contribution in [0.1, 0.15) is 36.8 Å². The number of piperazine rings is 1. The van der Waals surface area contributed by atoms with Crippen molar-refractivity contribution in [3.63, 3.8) is 0 Å². The van der Waals surface area contributed by atoms with Gasteiger partial charge in [0.25, 0.3) is 0 Å². The van der Waals surface area contributed by atoms with E-state index in [4.69, 9.17) is 0 Å². The Hall–Kier alpha value is -0.860. The fourth-order valence-electron chi connectivity index (χ4n) is 4.74. The van der Waals surface area contributed by atoms with Crippen LogP contribution in [0.25, 0.3) is 0 Å². The molecule has 2 heterocycles. The van der Waals surface area contributed by atoms with Crippen molar-refractivity contribution in [1.29, 1.82) is 0 Å². The van der Waals surface area contributed by atoms with Crippen molar-refractivity contribution in [2.45, 2.75) is 38.8 Å². The van der Waals surface area contributed by atoms with Crippen LogP contribution in [0, 0.1) is 5.41 Å². The van der Waals surface area contributed by atoms with Crippen LogP contribution in [-0.2, 0) is 13.1 Å². The van der Waals surface area contributed by atoms with Crippen LogP contribution in [0.5, 0.6) is 0 Å². The summed E-state index contributed by atoms with van der Waals surface area (Å²) in [6, 6.07) is 9.11. The first kappa shape index (κ1) is 21.8. The number of aliphatic imine (C=N–C) groups is 1. The number of hydrogen-bond donors (Lipinski definition) is 1. The lowest BCUT2D eigenvalue weighted by molar-refractivity contribution is 0.148. The Bertz CT molecular complexity index is 647. The van der Waals surface area contributed by atoms with Crippen LogP contribution in [-0.4, -0.2) is 74.0 Å². The van der Waals surface area contributed by atoms with E-state index in [1.165, 1.54) is 69.5 Å². The van der Waals surface area contributed by atoms with Gasteiger partial charge in [0.15, 0.2) is 5.96 Å². The summed E-state index contributed by atoms with van der Waals surface area (Å²) < 4.78 is 0. The lowest BCUT2D eigenvalue weighted by Gasteiger charge is -2.38. The van der Waals surface area contributed by atoms with E-state index in [1.54, 1.807) is 0 Å². The number of nitrogens with one attached hydrogen (secondary N) is 1. The molecule has 1 aliphatic carbocycles. The molecular formula is C22H36IN5. The van der Waals surface area contributed by atoms with Crippen molar-refractivity contribution in [2.24, 2.45) is 10.4 Å². The third-order valence-corrected chi connectivity index (χ3v) is 6.84. The third kappa shape index (κ3) is 5.19. The minimum atomic E-state index is 0. The van der Waals surface area contributed by atoms with Gasteiger partial charge in [-0.25, -0.2) is 0 Å². The van der Waals surface area contributed by atoms with E-state index in [1.807, 2.05) is 7.05 Å². The van der Waals surface area contributed by atoms with Crippen LogP contribution in [0.3, 0.4) is 0 Å². The van der Waals surface area contributed by atoms with Crippen LogP contribution in [0.4, 0.5) is 0 Å². The summed E-state index contributed by atoms with van der Waals surface area (Å²) >= 11 is 0. The molecule has 6 heteroatoms. The zero-order valence-electron chi connectivity index (χ0n) is 17.5. The number of hydrogen-bond acceptors (Lipinski definition) is 3. The summed E-state index contributed by atoms with van der Waals surface area (Å²) in [7, 11) is 4.12. The summed E-state index contributed by atoms with van der Waals surface area (Å²) in [5, 5.41) is 3.58. The quantitative estimate of drug-likeness (QED) is 0.394. The molecule has 1 saturated carbocycles. The van der Waals surface area contributed by atoms with Crippen LogP contribution >= 0.6 is 24.0 Å². The summed E-state index contributed by atoms with van der Waals surface area (Å²) in [6.45, 7) is 8.98. The highest BCUT2D eigenvalue weighted by molar-refractivity contribution is 14.0. The van der Waals surface area contributed by atoms with E-state index < -0.39 is 0 Å². The zero-order valence-corrected chi connectivity index (χ0v) is 19.8. The molecule has 3 fully saturated rings. The summed E-state index contributed by atoms with van der Waals surface area (Å²) in [4.78, 5) is 12.0. The van der Waals surface area contributed by atoms with Crippen LogP contribution in [0.15, 0.2) is 29.3 Å². The molecule has 1 aromatic rings. The Kier molecular flexibility index (Phi) is 7.61. The van der Waals surface area contributed by atoms with Crippen molar-refractivity contribution in [1.82, 2.24) is 20.0 Å². The normalized spacial score (nSPS) is 22.8. The molecule has 1 aromatic carbocycles. The number of halogens is 1. The van der Waals surface area contributed by atoms with Crippen molar-refractivity contribution in [2.75, 3.05) is 53.4 Å². The predicted molar refractivity (Wildman–Crippen MR) is 127 cm³/mol. The maximum Gasteiger partial charge on any atom is 0.193 e. The van der Waals surface area contributed by atoms with E-state index in [2.05, 4.69) is 56.3 Å². The van der Waals surface area contributed by atoms with Gasteiger partial charge in [-0.2, -0.15) is 0 Å². The summed E-state index contributed by atoms with van der Waals surface area (Å²) in [5.41, 5.74) is 3.36. The topological polar surface area (TPSA) is 34.1 Å². The largest absolute Gasteiger partial charge is 0.352 e. The van der Waals surface area contributed by atoms with E-state index >= 15 is 0 Å². The monoisotopic (exact) mass is 497 g/mol. The molecule has 0 atom stereocenters. The average Bonchev–Trinajstić information content (AvgIpc) is 3.12. The summed E-state index contributed by atoms with van der Waals surface area (Å²) in [6.07, 6.45) is 5.58. The van der Waals surface area contributed by atoms with Crippen molar-refractivity contribution >= 4 is 29.9 Å². The molecule has 0 aromatic heterocycles. The van der Waals surface area contributed by atoms with Gasteiger partial charge in [-0.3, -0.25) is 9.89 Å². The van der Waals surface area contributed by atoms with Gasteiger partial charge in [0, 0.05) is 59.4 Å². The van der Waals surface area contributed by atoms with Gasteiger partial charge in [-0.05, 0) is 42.9 Å². The molecule has 2 aliphatic heterocycles. The van der Waals surface area contributed by atoms with Gasteiger partial charge in [-0.1, -0.05) is 30.7 Å². The minimum absolute atomic E-state index is 0. The number of rotatable bonds is 4. The molecule has 2 saturated heterocycles. The van der Waals surface area contributed by atoms with Crippen LogP contribution in [0.2, 0.25) is 0 Å². The molecule has 5 nitrogen and oxygen atoms in total. The molecule has 0 bridgehead atoms. The predicted octanol–water partition coefficient (Wildman–Crippen LogP) is 3.00. The fourth-order valence-corrected chi connectivity index (χ4v) is 4.74. The number of likely N-dealkylation sites (tertiary alicyclic amines) is 1. The van der Waals surface area contributed by atoms with Gasteiger partial charge in [0.05, 0.1) is 0 Å². The smallest absolute Gasteiger partial charge is 0.193 e. The second kappa shape index (κ2) is 9.76. The molecule has 0 unspecified atom stereocenters. The molecule has 28 heavy (non-hydrogen) atoms. The highest BCUT2D eigenvalue weighted by Crippen LogP contribution is 2.47. The fraction of sp³-hybridized carbons (Fsp3) is 0.682. The second-order valence-electron chi connectivity index (χ2n) is 8.82. The number of nitrogens with zero attached hydrogens (tertiary/aromatic N) is 4. The number of likely N-dealkylation sites (N-methyl/N-ethyl adjacent to an activating group) is 1. The maximum atomic E-state index is 4.53. The maximum absolute atomic E-state index is 4.53. The molecule has 156 valence electrons. The van der Waals surface area contributed by atoms with Gasteiger partial charge in [0.1, 0.15) is 0 Å². The SMILES string of the molecule is CN=C(NCc1ccc(CN2CCN(C)CC2)cc1)N1CCC2(CCC2)C1.I. The van der Waals surface area contributed by atoms with E-state index in [0.717, 1.165) is 25.6 Å². The molecule has 3 aliphatic rings. The van der Waals surface area contributed by atoms with E-state index in [9.17, 15) is 0 Å². The second-order valence-corrected chi connectivity index (χ2v) is 8.82. The van der Waals surface area contributed by atoms with Gasteiger partial charge >= 0.3 is 0 Å². The number of benzene rings is 1. The van der Waals surface area contributed by atoms with Gasteiger partial charge in [-0.15, -0.1) is 24.0 Å². The molecule has 0 amide bonds. The lowest BCUT2D eigenvalue weighted by atomic mass is 9.68. The highest BCUT2D eigenvalue weighted by atomic mass is 127. The number of guanidine groups is 1. The van der Waals surface area contributed by atoms with Gasteiger partial charge in [0.2, 0.25) is 0 Å². The average molecular weight is 497 g/mol. The Morgan fingerprint density at radius 2 is 1.68 bits per heavy atom. The van der Waals surface area contributed by atoms with Crippen molar-refractivity contribution in [3.8, 4) is 0 Å².